The van der Waals surface area contributed by atoms with Gasteiger partial charge in [0.25, 0.3) is 10.1 Å². The summed E-state index contributed by atoms with van der Waals surface area (Å²) in [5.41, 5.74) is 0.00431. The van der Waals surface area contributed by atoms with E-state index in [1.54, 1.807) is 13.0 Å². The molecule has 0 aromatic carbocycles. The Bertz CT molecular complexity index is 435. The normalized spacial score (nSPS) is 13.6. The van der Waals surface area contributed by atoms with Gasteiger partial charge in [0.1, 0.15) is 11.0 Å². The maximum absolute atomic E-state index is 10.9. The standard InChI is InChI=1S/C9H11NO3S/c1-4-5-8(6-10)9(7(2)3)14(11,12)13/h4-5H,2H2,1,3H3,(H,11,12,13)/b5-4-,9-8-. The van der Waals surface area contributed by atoms with Gasteiger partial charge in [-0.2, -0.15) is 13.7 Å². The van der Waals surface area contributed by atoms with Crippen LogP contribution in [0.1, 0.15) is 13.8 Å². The van der Waals surface area contributed by atoms with Gasteiger partial charge < -0.3 is 0 Å². The summed E-state index contributed by atoms with van der Waals surface area (Å²) in [7, 11) is -4.39. The molecule has 4 nitrogen and oxygen atoms in total. The van der Waals surface area contributed by atoms with Crippen molar-refractivity contribution in [3.8, 4) is 6.07 Å². The van der Waals surface area contributed by atoms with Gasteiger partial charge >= 0.3 is 0 Å². The average Bonchev–Trinajstić information content (AvgIpc) is 2.00. The molecule has 0 radical (unpaired) electrons. The van der Waals surface area contributed by atoms with Crippen LogP contribution in [0.4, 0.5) is 0 Å². The molecular weight excluding hydrogens is 202 g/mol. The van der Waals surface area contributed by atoms with Crippen molar-refractivity contribution in [1.29, 1.82) is 5.26 Å². The first-order chi connectivity index (χ1) is 6.34. The molecule has 14 heavy (non-hydrogen) atoms. The summed E-state index contributed by atoms with van der Waals surface area (Å²) >= 11 is 0. The van der Waals surface area contributed by atoms with Crippen LogP contribution in [-0.4, -0.2) is 13.0 Å². The highest BCUT2D eigenvalue weighted by Gasteiger charge is 2.18. The molecule has 0 aliphatic heterocycles. The number of hydrogen-bond acceptors (Lipinski definition) is 3. The molecule has 1 N–H and O–H groups in total. The van der Waals surface area contributed by atoms with E-state index in [0.29, 0.717) is 0 Å². The largest absolute Gasteiger partial charge is 0.296 e. The van der Waals surface area contributed by atoms with Crippen molar-refractivity contribution in [2.24, 2.45) is 0 Å². The zero-order valence-corrected chi connectivity index (χ0v) is 8.80. The topological polar surface area (TPSA) is 78.2 Å². The van der Waals surface area contributed by atoms with E-state index in [-0.39, 0.29) is 11.1 Å². The first kappa shape index (κ1) is 12.6. The van der Waals surface area contributed by atoms with Crippen LogP contribution in [0.25, 0.3) is 0 Å². The molecule has 76 valence electrons. The molecular formula is C9H11NO3S. The second-order valence-electron chi connectivity index (χ2n) is 2.61. The summed E-state index contributed by atoms with van der Waals surface area (Å²) in [5.74, 6) is 0. The Hall–Kier alpha value is -1.38. The Balaban J connectivity index is 5.87. The number of hydrogen-bond donors (Lipinski definition) is 1. The fraction of sp³-hybridized carbons (Fsp3) is 0.222. The van der Waals surface area contributed by atoms with E-state index in [1.807, 2.05) is 0 Å². The van der Waals surface area contributed by atoms with Crippen molar-refractivity contribution < 1.29 is 13.0 Å². The first-order valence-electron chi connectivity index (χ1n) is 3.75. The maximum atomic E-state index is 10.9. The minimum absolute atomic E-state index is 0.123. The predicted octanol–water partition coefficient (Wildman–Crippen LogP) is 1.80. The van der Waals surface area contributed by atoms with Crippen LogP contribution in [0.15, 0.2) is 34.8 Å². The number of nitriles is 1. The average molecular weight is 213 g/mol. The zero-order valence-electron chi connectivity index (χ0n) is 7.98. The van der Waals surface area contributed by atoms with Gasteiger partial charge in [-0.05, 0) is 25.5 Å². The van der Waals surface area contributed by atoms with Crippen molar-refractivity contribution in [2.45, 2.75) is 13.8 Å². The van der Waals surface area contributed by atoms with Crippen molar-refractivity contribution in [3.63, 3.8) is 0 Å². The molecule has 0 atom stereocenters. The second-order valence-corrected chi connectivity index (χ2v) is 3.97. The molecule has 0 heterocycles. The molecule has 0 unspecified atom stereocenters. The predicted molar refractivity (Wildman–Crippen MR) is 53.8 cm³/mol. The minimum atomic E-state index is -4.39. The number of allylic oxidation sites excluding steroid dienone is 4. The van der Waals surface area contributed by atoms with E-state index in [4.69, 9.17) is 9.81 Å². The van der Waals surface area contributed by atoms with Gasteiger partial charge in [-0.3, -0.25) is 4.55 Å². The van der Waals surface area contributed by atoms with E-state index < -0.39 is 15.0 Å². The molecule has 5 heteroatoms. The van der Waals surface area contributed by atoms with Crippen LogP contribution >= 0.6 is 0 Å². The molecule has 0 aliphatic carbocycles. The fourth-order valence-corrected chi connectivity index (χ4v) is 1.75. The van der Waals surface area contributed by atoms with Crippen LogP contribution in [0.5, 0.6) is 0 Å². The third kappa shape index (κ3) is 3.17. The SMILES string of the molecule is C=C(C)/C(=C(C#N)\C=C/C)S(=O)(=O)O. The van der Waals surface area contributed by atoms with Crippen molar-refractivity contribution in [3.05, 3.63) is 34.8 Å². The molecule has 0 amide bonds. The third-order valence-electron chi connectivity index (χ3n) is 1.34. The quantitative estimate of drug-likeness (QED) is 0.440. The van der Waals surface area contributed by atoms with E-state index in [0.717, 1.165) is 0 Å². The van der Waals surface area contributed by atoms with E-state index in [2.05, 4.69) is 6.58 Å². The smallest absolute Gasteiger partial charge is 0.282 e. The van der Waals surface area contributed by atoms with Gasteiger partial charge in [0, 0.05) is 0 Å². The van der Waals surface area contributed by atoms with Gasteiger partial charge in [0.2, 0.25) is 0 Å². The minimum Gasteiger partial charge on any atom is -0.282 e. The third-order valence-corrected chi connectivity index (χ3v) is 2.43. The van der Waals surface area contributed by atoms with Crippen LogP contribution in [0.3, 0.4) is 0 Å². The maximum Gasteiger partial charge on any atom is 0.296 e. The molecule has 0 aliphatic rings. The first-order valence-corrected chi connectivity index (χ1v) is 5.19. The summed E-state index contributed by atoms with van der Waals surface area (Å²) in [5, 5.41) is 8.66. The molecule has 0 aromatic rings. The van der Waals surface area contributed by atoms with Crippen molar-refractivity contribution in [2.75, 3.05) is 0 Å². The second kappa shape index (κ2) is 4.74. The highest BCUT2D eigenvalue weighted by molar-refractivity contribution is 7.90. The molecule has 0 spiro atoms. The number of nitrogens with zero attached hydrogens (tertiary/aromatic N) is 1. The Kier molecular flexibility index (Phi) is 4.28. The summed E-state index contributed by atoms with van der Waals surface area (Å²) < 4.78 is 30.6. The number of rotatable bonds is 3. The monoisotopic (exact) mass is 213 g/mol. The lowest BCUT2D eigenvalue weighted by atomic mass is 10.2. The van der Waals surface area contributed by atoms with E-state index in [1.165, 1.54) is 19.1 Å². The van der Waals surface area contributed by atoms with Crippen LogP contribution in [-0.2, 0) is 10.1 Å². The molecule has 0 aromatic heterocycles. The molecule has 0 saturated heterocycles. The van der Waals surface area contributed by atoms with Crippen molar-refractivity contribution in [1.82, 2.24) is 0 Å². The zero-order chi connectivity index (χ0) is 11.4. The van der Waals surface area contributed by atoms with Gasteiger partial charge in [-0.15, -0.1) is 0 Å². The molecule has 0 rings (SSSR count). The Morgan fingerprint density at radius 2 is 2.07 bits per heavy atom. The summed E-state index contributed by atoms with van der Waals surface area (Å²) in [6, 6.07) is 1.68. The highest BCUT2D eigenvalue weighted by Crippen LogP contribution is 2.19. The van der Waals surface area contributed by atoms with Gasteiger partial charge in [0.05, 0.1) is 5.57 Å². The summed E-state index contributed by atoms with van der Waals surface area (Å²) in [6.07, 6.45) is 2.81. The van der Waals surface area contributed by atoms with Gasteiger partial charge in [-0.1, -0.05) is 12.7 Å². The summed E-state index contributed by atoms with van der Waals surface area (Å²) in [6.45, 7) is 6.43. The fourth-order valence-electron chi connectivity index (χ4n) is 0.919. The molecule has 0 saturated carbocycles. The Labute approximate surface area is 83.6 Å². The van der Waals surface area contributed by atoms with Crippen molar-refractivity contribution >= 4 is 10.1 Å². The lowest BCUT2D eigenvalue weighted by Gasteiger charge is -2.03. The molecule has 0 fully saturated rings. The lowest BCUT2D eigenvalue weighted by Crippen LogP contribution is -2.05. The van der Waals surface area contributed by atoms with E-state index >= 15 is 0 Å². The Morgan fingerprint density at radius 1 is 1.57 bits per heavy atom. The van der Waals surface area contributed by atoms with Crippen LogP contribution < -0.4 is 0 Å². The lowest BCUT2D eigenvalue weighted by molar-refractivity contribution is 0.491. The van der Waals surface area contributed by atoms with Gasteiger partial charge in [0.15, 0.2) is 0 Å². The summed E-state index contributed by atoms with van der Waals surface area (Å²) in [4.78, 5) is -0.432. The molecule has 0 bridgehead atoms. The van der Waals surface area contributed by atoms with Crippen LogP contribution in [0, 0.1) is 11.3 Å². The van der Waals surface area contributed by atoms with E-state index in [9.17, 15) is 8.42 Å². The highest BCUT2D eigenvalue weighted by atomic mass is 32.2. The van der Waals surface area contributed by atoms with Gasteiger partial charge in [-0.25, -0.2) is 0 Å². The van der Waals surface area contributed by atoms with Crippen LogP contribution in [0.2, 0.25) is 0 Å². The Morgan fingerprint density at radius 3 is 2.29 bits per heavy atom.